The first-order valence-electron chi connectivity index (χ1n) is 9.97. The lowest BCUT2D eigenvalue weighted by atomic mass is 10.2. The number of ether oxygens (including phenoxy) is 1. The molecule has 0 radical (unpaired) electrons. The number of carbonyl (C=O) groups is 1. The zero-order valence-electron chi connectivity index (χ0n) is 17.4. The Kier molecular flexibility index (Phi) is 5.68. The van der Waals surface area contributed by atoms with E-state index in [0.29, 0.717) is 18.1 Å². The maximum absolute atomic E-state index is 13.3. The second-order valence-electron chi connectivity index (χ2n) is 7.44. The largest absolute Gasteiger partial charge is 0.497 e. The zero-order chi connectivity index (χ0) is 21.3. The molecule has 3 aromatic rings. The Morgan fingerprint density at radius 2 is 1.83 bits per heavy atom. The molecule has 1 saturated heterocycles. The van der Waals surface area contributed by atoms with E-state index in [9.17, 15) is 4.79 Å². The molecule has 1 aromatic carbocycles. The summed E-state index contributed by atoms with van der Waals surface area (Å²) < 4.78 is 7.45. The number of hydrogen-bond donors (Lipinski definition) is 0. The number of methoxy groups -OCH3 is 1. The van der Waals surface area contributed by atoms with Gasteiger partial charge < -0.3 is 19.1 Å². The molecule has 2 aromatic heterocycles. The van der Waals surface area contributed by atoms with Crippen molar-refractivity contribution < 1.29 is 9.53 Å². The number of anilines is 1. The van der Waals surface area contributed by atoms with Crippen molar-refractivity contribution in [3.05, 3.63) is 70.6 Å². The Morgan fingerprint density at radius 1 is 1.07 bits per heavy atom. The first kappa shape index (κ1) is 20.3. The zero-order valence-corrected chi connectivity index (χ0v) is 18.2. The number of halogens is 1. The molecular weight excluding hydrogens is 400 g/mol. The molecule has 1 aliphatic heterocycles. The van der Waals surface area contributed by atoms with Gasteiger partial charge in [0, 0.05) is 55.5 Å². The van der Waals surface area contributed by atoms with E-state index >= 15 is 0 Å². The summed E-state index contributed by atoms with van der Waals surface area (Å²) in [5.74, 6) is 1.75. The summed E-state index contributed by atoms with van der Waals surface area (Å²) in [4.78, 5) is 21.7. The fraction of sp³-hybridized carbons (Fsp3) is 0.304. The van der Waals surface area contributed by atoms with Gasteiger partial charge in [-0.2, -0.15) is 0 Å². The maximum Gasteiger partial charge on any atom is 0.255 e. The Labute approximate surface area is 181 Å². The number of hydrogen-bond acceptors (Lipinski definition) is 4. The van der Waals surface area contributed by atoms with Gasteiger partial charge in [0.05, 0.1) is 17.7 Å². The summed E-state index contributed by atoms with van der Waals surface area (Å²) in [7, 11) is 1.66. The summed E-state index contributed by atoms with van der Waals surface area (Å²) in [6, 6.07) is 13.6. The third kappa shape index (κ3) is 3.87. The monoisotopic (exact) mass is 424 g/mol. The predicted molar refractivity (Wildman–Crippen MR) is 119 cm³/mol. The standard InChI is InChI=1S/C23H25ClN4O2/c1-16-13-21(17(2)28(16)19-5-4-6-20(14-19)30-3)23(29)27-11-9-26(10-12-27)22-8-7-18(24)15-25-22/h4-8,13-15H,9-12H2,1-3H3. The van der Waals surface area contributed by atoms with Crippen LogP contribution >= 0.6 is 11.6 Å². The van der Waals surface area contributed by atoms with Crippen molar-refractivity contribution in [1.29, 1.82) is 0 Å². The molecule has 0 N–H and O–H groups in total. The molecule has 0 aliphatic carbocycles. The highest BCUT2D eigenvalue weighted by atomic mass is 35.5. The molecule has 0 spiro atoms. The average Bonchev–Trinajstić information content (AvgIpc) is 3.07. The number of aromatic nitrogens is 2. The lowest BCUT2D eigenvalue weighted by Gasteiger charge is -2.35. The number of nitrogens with zero attached hydrogens (tertiary/aromatic N) is 4. The van der Waals surface area contributed by atoms with E-state index in [2.05, 4.69) is 14.5 Å². The van der Waals surface area contributed by atoms with Crippen molar-refractivity contribution in [2.75, 3.05) is 38.2 Å². The Hall–Kier alpha value is -2.99. The van der Waals surface area contributed by atoms with Crippen LogP contribution in [0.2, 0.25) is 5.02 Å². The summed E-state index contributed by atoms with van der Waals surface area (Å²) in [5, 5.41) is 0.624. The molecule has 7 heteroatoms. The summed E-state index contributed by atoms with van der Waals surface area (Å²) in [5.41, 5.74) is 3.69. The van der Waals surface area contributed by atoms with Gasteiger partial charge in [-0.1, -0.05) is 17.7 Å². The minimum absolute atomic E-state index is 0.0703. The molecular formula is C23H25ClN4O2. The van der Waals surface area contributed by atoms with E-state index < -0.39 is 0 Å². The number of amides is 1. The number of piperazine rings is 1. The minimum atomic E-state index is 0.0703. The molecule has 30 heavy (non-hydrogen) atoms. The summed E-state index contributed by atoms with van der Waals surface area (Å²) in [6.07, 6.45) is 1.65. The number of aryl methyl sites for hydroxylation is 1. The van der Waals surface area contributed by atoms with Gasteiger partial charge in [-0.05, 0) is 44.2 Å². The van der Waals surface area contributed by atoms with E-state index in [1.54, 1.807) is 13.3 Å². The third-order valence-electron chi connectivity index (χ3n) is 5.58. The Morgan fingerprint density at radius 3 is 2.50 bits per heavy atom. The predicted octanol–water partition coefficient (Wildman–Crippen LogP) is 4.11. The van der Waals surface area contributed by atoms with Gasteiger partial charge in [-0.15, -0.1) is 0 Å². The van der Waals surface area contributed by atoms with Gasteiger partial charge in [0.1, 0.15) is 11.6 Å². The molecule has 0 unspecified atom stereocenters. The molecule has 1 fully saturated rings. The molecule has 0 bridgehead atoms. The summed E-state index contributed by atoms with van der Waals surface area (Å²) >= 11 is 5.93. The number of pyridine rings is 1. The number of rotatable bonds is 4. The molecule has 1 aliphatic rings. The van der Waals surface area contributed by atoms with E-state index in [1.807, 2.05) is 61.2 Å². The van der Waals surface area contributed by atoms with Crippen molar-refractivity contribution >= 4 is 23.3 Å². The van der Waals surface area contributed by atoms with Crippen LogP contribution in [-0.4, -0.2) is 53.6 Å². The van der Waals surface area contributed by atoms with Crippen LogP contribution in [0.3, 0.4) is 0 Å². The Balaban J connectivity index is 1.51. The molecule has 3 heterocycles. The van der Waals surface area contributed by atoms with Crippen LogP contribution in [0, 0.1) is 13.8 Å². The topological polar surface area (TPSA) is 50.6 Å². The Bertz CT molecular complexity index is 1050. The molecule has 1 amide bonds. The SMILES string of the molecule is COc1cccc(-n2c(C)cc(C(=O)N3CCN(c4ccc(Cl)cn4)CC3)c2C)c1. The van der Waals surface area contributed by atoms with Crippen LogP contribution < -0.4 is 9.64 Å². The quantitative estimate of drug-likeness (QED) is 0.632. The molecule has 0 saturated carbocycles. The molecule has 156 valence electrons. The van der Waals surface area contributed by atoms with Gasteiger partial charge >= 0.3 is 0 Å². The van der Waals surface area contributed by atoms with E-state index in [4.69, 9.17) is 16.3 Å². The highest BCUT2D eigenvalue weighted by Crippen LogP contribution is 2.25. The first-order valence-corrected chi connectivity index (χ1v) is 10.3. The highest BCUT2D eigenvalue weighted by molar-refractivity contribution is 6.30. The summed E-state index contributed by atoms with van der Waals surface area (Å²) in [6.45, 7) is 6.82. The van der Waals surface area contributed by atoms with Crippen LogP contribution in [0.5, 0.6) is 5.75 Å². The lowest BCUT2D eigenvalue weighted by Crippen LogP contribution is -2.49. The van der Waals surface area contributed by atoms with Crippen LogP contribution in [0.15, 0.2) is 48.7 Å². The van der Waals surface area contributed by atoms with E-state index in [0.717, 1.165) is 47.3 Å². The molecule has 0 atom stereocenters. The van der Waals surface area contributed by atoms with Gasteiger partial charge in [0.2, 0.25) is 0 Å². The average molecular weight is 425 g/mol. The van der Waals surface area contributed by atoms with Crippen LogP contribution in [-0.2, 0) is 0 Å². The van der Waals surface area contributed by atoms with Gasteiger partial charge in [0.15, 0.2) is 0 Å². The second kappa shape index (κ2) is 8.40. The van der Waals surface area contributed by atoms with Crippen molar-refractivity contribution in [1.82, 2.24) is 14.5 Å². The van der Waals surface area contributed by atoms with Gasteiger partial charge in [-0.3, -0.25) is 4.79 Å². The van der Waals surface area contributed by atoms with Crippen LogP contribution in [0.4, 0.5) is 5.82 Å². The maximum atomic E-state index is 13.3. The van der Waals surface area contributed by atoms with E-state index in [1.165, 1.54) is 0 Å². The number of carbonyl (C=O) groups excluding carboxylic acids is 1. The first-order chi connectivity index (χ1) is 14.5. The minimum Gasteiger partial charge on any atom is -0.497 e. The van der Waals surface area contributed by atoms with Crippen molar-refractivity contribution in [3.63, 3.8) is 0 Å². The van der Waals surface area contributed by atoms with E-state index in [-0.39, 0.29) is 5.91 Å². The smallest absolute Gasteiger partial charge is 0.255 e. The highest BCUT2D eigenvalue weighted by Gasteiger charge is 2.26. The molecule has 6 nitrogen and oxygen atoms in total. The van der Waals surface area contributed by atoms with Crippen LogP contribution in [0.1, 0.15) is 21.7 Å². The lowest BCUT2D eigenvalue weighted by molar-refractivity contribution is 0.0746. The molecule has 4 rings (SSSR count). The number of benzene rings is 1. The third-order valence-corrected chi connectivity index (χ3v) is 5.80. The van der Waals surface area contributed by atoms with Crippen molar-refractivity contribution in [3.8, 4) is 11.4 Å². The van der Waals surface area contributed by atoms with Crippen LogP contribution in [0.25, 0.3) is 5.69 Å². The fourth-order valence-electron chi connectivity index (χ4n) is 3.99. The van der Waals surface area contributed by atoms with Crippen molar-refractivity contribution in [2.24, 2.45) is 0 Å². The van der Waals surface area contributed by atoms with Crippen molar-refractivity contribution in [2.45, 2.75) is 13.8 Å². The second-order valence-corrected chi connectivity index (χ2v) is 7.87. The van der Waals surface area contributed by atoms with Gasteiger partial charge in [-0.25, -0.2) is 4.98 Å². The fourth-order valence-corrected chi connectivity index (χ4v) is 4.10. The van der Waals surface area contributed by atoms with Gasteiger partial charge in [0.25, 0.3) is 5.91 Å². The normalized spacial score (nSPS) is 14.1.